The number of hydrogen-bond donors (Lipinski definition) is 0. The number of fused-ring (bicyclic) bond motifs is 1. The van der Waals surface area contributed by atoms with E-state index in [1.54, 1.807) is 0 Å². The largest absolute Gasteiger partial charge is 0.355 e. The van der Waals surface area contributed by atoms with Crippen LogP contribution in [0.4, 0.5) is 14.6 Å². The van der Waals surface area contributed by atoms with Gasteiger partial charge in [-0.05, 0) is 12.5 Å². The van der Waals surface area contributed by atoms with Crippen molar-refractivity contribution in [2.45, 2.75) is 12.8 Å². The summed E-state index contributed by atoms with van der Waals surface area (Å²) in [6.07, 6.45) is 1.68. The standard InChI is InChI=1S/C12H14F2N4/c1-17-4-3-9-11(17)15-7-16-12(9)18-5-2-8(6-18)10(13)14/h3-4,7-8,10H,2,5-6H2,1H3. The van der Waals surface area contributed by atoms with Crippen molar-refractivity contribution in [1.29, 1.82) is 0 Å². The van der Waals surface area contributed by atoms with E-state index in [-0.39, 0.29) is 0 Å². The van der Waals surface area contributed by atoms with Gasteiger partial charge in [0, 0.05) is 32.3 Å². The van der Waals surface area contributed by atoms with Crippen LogP contribution in [0.2, 0.25) is 0 Å². The van der Waals surface area contributed by atoms with Crippen molar-refractivity contribution < 1.29 is 8.78 Å². The maximum atomic E-state index is 12.7. The molecule has 0 aliphatic carbocycles. The summed E-state index contributed by atoms with van der Waals surface area (Å²) in [4.78, 5) is 10.4. The zero-order chi connectivity index (χ0) is 12.7. The van der Waals surface area contributed by atoms with Gasteiger partial charge in [-0.2, -0.15) is 0 Å². The van der Waals surface area contributed by atoms with E-state index in [0.717, 1.165) is 16.9 Å². The molecule has 0 spiro atoms. The first kappa shape index (κ1) is 11.4. The lowest BCUT2D eigenvalue weighted by atomic mass is 10.1. The monoisotopic (exact) mass is 252 g/mol. The molecule has 0 saturated carbocycles. The summed E-state index contributed by atoms with van der Waals surface area (Å²) in [7, 11) is 1.91. The second kappa shape index (κ2) is 4.19. The molecular formula is C12H14F2N4. The molecule has 0 aromatic carbocycles. The molecule has 2 aromatic rings. The van der Waals surface area contributed by atoms with Gasteiger partial charge in [0.15, 0.2) is 0 Å². The molecule has 0 N–H and O–H groups in total. The van der Waals surface area contributed by atoms with Crippen molar-refractivity contribution in [3.8, 4) is 0 Å². The van der Waals surface area contributed by atoms with Gasteiger partial charge < -0.3 is 9.47 Å². The molecule has 0 radical (unpaired) electrons. The Kier molecular flexibility index (Phi) is 2.65. The molecule has 4 nitrogen and oxygen atoms in total. The van der Waals surface area contributed by atoms with Crippen LogP contribution >= 0.6 is 0 Å². The van der Waals surface area contributed by atoms with E-state index < -0.39 is 12.3 Å². The molecule has 1 aliphatic heterocycles. The molecule has 3 heterocycles. The second-order valence-electron chi connectivity index (χ2n) is 4.69. The SMILES string of the molecule is Cn1ccc2c(N3CCC(C(F)F)C3)ncnc21. The minimum atomic E-state index is -2.25. The van der Waals surface area contributed by atoms with E-state index >= 15 is 0 Å². The summed E-state index contributed by atoms with van der Waals surface area (Å²) in [5, 5.41) is 0.926. The van der Waals surface area contributed by atoms with Crippen molar-refractivity contribution in [3.05, 3.63) is 18.6 Å². The van der Waals surface area contributed by atoms with Gasteiger partial charge in [-0.25, -0.2) is 18.7 Å². The van der Waals surface area contributed by atoms with E-state index in [1.807, 2.05) is 28.8 Å². The first-order chi connectivity index (χ1) is 8.66. The van der Waals surface area contributed by atoms with Crippen molar-refractivity contribution in [1.82, 2.24) is 14.5 Å². The third kappa shape index (κ3) is 1.72. The van der Waals surface area contributed by atoms with Crippen LogP contribution in [0.3, 0.4) is 0 Å². The average Bonchev–Trinajstić information content (AvgIpc) is 2.97. The number of nitrogens with zero attached hydrogens (tertiary/aromatic N) is 4. The van der Waals surface area contributed by atoms with Crippen LogP contribution in [0.25, 0.3) is 11.0 Å². The topological polar surface area (TPSA) is 34.0 Å². The maximum absolute atomic E-state index is 12.7. The first-order valence-electron chi connectivity index (χ1n) is 5.96. The van der Waals surface area contributed by atoms with Crippen molar-refractivity contribution in [2.24, 2.45) is 13.0 Å². The number of anilines is 1. The van der Waals surface area contributed by atoms with Crippen LogP contribution in [0.5, 0.6) is 0 Å². The molecule has 6 heteroatoms. The summed E-state index contributed by atoms with van der Waals surface area (Å²) in [6.45, 7) is 1.01. The minimum Gasteiger partial charge on any atom is -0.355 e. The smallest absolute Gasteiger partial charge is 0.243 e. The van der Waals surface area contributed by atoms with Crippen LogP contribution in [-0.4, -0.2) is 34.1 Å². The molecule has 2 aromatic heterocycles. The fraction of sp³-hybridized carbons (Fsp3) is 0.500. The number of aryl methyl sites for hydroxylation is 1. The van der Waals surface area contributed by atoms with Gasteiger partial charge >= 0.3 is 0 Å². The molecule has 96 valence electrons. The lowest BCUT2D eigenvalue weighted by Crippen LogP contribution is -2.23. The molecule has 1 saturated heterocycles. The summed E-state index contributed by atoms with van der Waals surface area (Å²) in [6, 6.07) is 1.93. The number of halogens is 2. The third-order valence-electron chi connectivity index (χ3n) is 3.52. The second-order valence-corrected chi connectivity index (χ2v) is 4.69. The van der Waals surface area contributed by atoms with Crippen LogP contribution in [0.1, 0.15) is 6.42 Å². The highest BCUT2D eigenvalue weighted by Crippen LogP contribution is 2.30. The van der Waals surface area contributed by atoms with Gasteiger partial charge in [0.25, 0.3) is 0 Å². The third-order valence-corrected chi connectivity index (χ3v) is 3.52. The summed E-state index contributed by atoms with van der Waals surface area (Å²) in [5.74, 6) is 0.225. The molecular weight excluding hydrogens is 238 g/mol. The van der Waals surface area contributed by atoms with Gasteiger partial charge in [0.05, 0.1) is 5.39 Å². The number of aromatic nitrogens is 3. The molecule has 1 unspecified atom stereocenters. The molecule has 0 amide bonds. The Hall–Kier alpha value is -1.72. The van der Waals surface area contributed by atoms with Crippen molar-refractivity contribution >= 4 is 16.9 Å². The van der Waals surface area contributed by atoms with Crippen LogP contribution in [0.15, 0.2) is 18.6 Å². The zero-order valence-electron chi connectivity index (χ0n) is 10.1. The van der Waals surface area contributed by atoms with Gasteiger partial charge in [-0.1, -0.05) is 0 Å². The van der Waals surface area contributed by atoms with Crippen molar-refractivity contribution in [3.63, 3.8) is 0 Å². The van der Waals surface area contributed by atoms with E-state index in [2.05, 4.69) is 9.97 Å². The van der Waals surface area contributed by atoms with Gasteiger partial charge in [0.2, 0.25) is 6.43 Å². The van der Waals surface area contributed by atoms with Crippen LogP contribution in [0, 0.1) is 5.92 Å². The Morgan fingerprint density at radius 1 is 1.39 bits per heavy atom. The highest BCUT2D eigenvalue weighted by atomic mass is 19.3. The predicted octanol–water partition coefficient (Wildman–Crippen LogP) is 2.06. The summed E-state index contributed by atoms with van der Waals surface area (Å²) in [5.41, 5.74) is 0.834. The van der Waals surface area contributed by atoms with Crippen molar-refractivity contribution in [2.75, 3.05) is 18.0 Å². The Labute approximate surface area is 103 Å². The Balaban J connectivity index is 1.96. The Morgan fingerprint density at radius 2 is 2.22 bits per heavy atom. The van der Waals surface area contributed by atoms with Gasteiger partial charge in [-0.3, -0.25) is 0 Å². The highest BCUT2D eigenvalue weighted by molar-refractivity contribution is 5.87. The number of alkyl halides is 2. The minimum absolute atomic E-state index is 0.374. The molecule has 1 atom stereocenters. The molecule has 1 aliphatic rings. The van der Waals surface area contributed by atoms with Gasteiger partial charge in [-0.15, -0.1) is 0 Å². The average molecular weight is 252 g/mol. The molecule has 1 fully saturated rings. The molecule has 0 bridgehead atoms. The van der Waals surface area contributed by atoms with E-state index in [9.17, 15) is 8.78 Å². The number of rotatable bonds is 2. The molecule has 3 rings (SSSR count). The van der Waals surface area contributed by atoms with E-state index in [0.29, 0.717) is 19.5 Å². The fourth-order valence-corrected chi connectivity index (χ4v) is 2.50. The Morgan fingerprint density at radius 3 is 2.94 bits per heavy atom. The van der Waals surface area contributed by atoms with E-state index in [1.165, 1.54) is 6.33 Å². The van der Waals surface area contributed by atoms with Crippen LogP contribution in [-0.2, 0) is 7.05 Å². The summed E-state index contributed by atoms with van der Waals surface area (Å²) >= 11 is 0. The predicted molar refractivity (Wildman–Crippen MR) is 64.8 cm³/mol. The van der Waals surface area contributed by atoms with Gasteiger partial charge in [0.1, 0.15) is 17.8 Å². The maximum Gasteiger partial charge on any atom is 0.243 e. The van der Waals surface area contributed by atoms with Crippen LogP contribution < -0.4 is 4.90 Å². The Bertz CT molecular complexity index is 566. The zero-order valence-corrected chi connectivity index (χ0v) is 10.1. The first-order valence-corrected chi connectivity index (χ1v) is 5.96. The number of hydrogen-bond acceptors (Lipinski definition) is 3. The normalized spacial score (nSPS) is 20.2. The fourth-order valence-electron chi connectivity index (χ4n) is 2.50. The lowest BCUT2D eigenvalue weighted by Gasteiger charge is -2.18. The quantitative estimate of drug-likeness (QED) is 0.820. The highest BCUT2D eigenvalue weighted by Gasteiger charge is 2.31. The van der Waals surface area contributed by atoms with E-state index in [4.69, 9.17) is 0 Å². The molecule has 18 heavy (non-hydrogen) atoms. The lowest BCUT2D eigenvalue weighted by molar-refractivity contribution is 0.0880. The summed E-state index contributed by atoms with van der Waals surface area (Å²) < 4.78 is 27.3.